The molecule has 1 unspecified atom stereocenters. The molecule has 0 saturated heterocycles. The Bertz CT molecular complexity index is 315. The van der Waals surface area contributed by atoms with Crippen LogP contribution in [0.25, 0.3) is 0 Å². The highest BCUT2D eigenvalue weighted by Gasteiger charge is 2.29. The molecule has 1 aromatic rings. The Kier molecular flexibility index (Phi) is 4.24. The highest BCUT2D eigenvalue weighted by atomic mass is 16.3. The van der Waals surface area contributed by atoms with E-state index >= 15 is 0 Å². The summed E-state index contributed by atoms with van der Waals surface area (Å²) in [6, 6.07) is 4.12. The lowest BCUT2D eigenvalue weighted by Gasteiger charge is -2.33. The second-order valence-corrected chi connectivity index (χ2v) is 5.14. The van der Waals surface area contributed by atoms with Gasteiger partial charge < -0.3 is 14.8 Å². The predicted octanol–water partition coefficient (Wildman–Crippen LogP) is 3.02. The number of nitrogens with one attached hydrogen (secondary N) is 1. The van der Waals surface area contributed by atoms with Crippen LogP contribution in [0.15, 0.2) is 22.8 Å². The van der Waals surface area contributed by atoms with E-state index in [0.717, 1.165) is 37.9 Å². The summed E-state index contributed by atoms with van der Waals surface area (Å²) in [4.78, 5) is 0. The lowest BCUT2D eigenvalue weighted by molar-refractivity contribution is 0.00198. The van der Waals surface area contributed by atoms with Gasteiger partial charge in [0.1, 0.15) is 5.76 Å². The van der Waals surface area contributed by atoms with E-state index in [1.165, 1.54) is 6.42 Å². The van der Waals surface area contributed by atoms with Crippen molar-refractivity contribution in [3.05, 3.63) is 24.2 Å². The van der Waals surface area contributed by atoms with Gasteiger partial charge in [-0.2, -0.15) is 0 Å². The van der Waals surface area contributed by atoms with E-state index in [1.54, 1.807) is 6.26 Å². The number of furan rings is 1. The van der Waals surface area contributed by atoms with Crippen LogP contribution in [0.3, 0.4) is 0 Å². The van der Waals surface area contributed by atoms with Crippen molar-refractivity contribution in [3.8, 4) is 0 Å². The first kappa shape index (κ1) is 12.7. The molecule has 0 aliphatic heterocycles. The molecule has 3 nitrogen and oxygen atoms in total. The van der Waals surface area contributed by atoms with Gasteiger partial charge in [0, 0.05) is 6.54 Å². The van der Waals surface area contributed by atoms with Crippen molar-refractivity contribution in [2.75, 3.05) is 6.54 Å². The number of rotatable bonds is 5. The van der Waals surface area contributed by atoms with E-state index in [0.29, 0.717) is 6.54 Å². The van der Waals surface area contributed by atoms with Gasteiger partial charge in [-0.05, 0) is 31.4 Å². The van der Waals surface area contributed by atoms with Crippen molar-refractivity contribution in [1.29, 1.82) is 0 Å². The maximum atomic E-state index is 10.4. The molecule has 0 amide bonds. The third-order valence-electron chi connectivity index (χ3n) is 3.76. The smallest absolute Gasteiger partial charge is 0.120 e. The Morgan fingerprint density at radius 3 is 2.76 bits per heavy atom. The van der Waals surface area contributed by atoms with E-state index in [9.17, 15) is 5.11 Å². The molecule has 3 heteroatoms. The van der Waals surface area contributed by atoms with E-state index < -0.39 is 5.60 Å². The molecule has 1 atom stereocenters. The minimum Gasteiger partial charge on any atom is -0.468 e. The lowest BCUT2D eigenvalue weighted by atomic mass is 9.84. The van der Waals surface area contributed by atoms with Crippen LogP contribution in [-0.2, 0) is 0 Å². The third kappa shape index (κ3) is 3.33. The van der Waals surface area contributed by atoms with Gasteiger partial charge in [-0.1, -0.05) is 26.2 Å². The van der Waals surface area contributed by atoms with Gasteiger partial charge in [0.05, 0.1) is 17.9 Å². The molecule has 0 radical (unpaired) electrons. The molecule has 1 aromatic heterocycles. The van der Waals surface area contributed by atoms with Crippen LogP contribution in [0.5, 0.6) is 0 Å². The zero-order valence-electron chi connectivity index (χ0n) is 10.6. The van der Waals surface area contributed by atoms with E-state index in [2.05, 4.69) is 12.2 Å². The fourth-order valence-electron chi connectivity index (χ4n) is 2.64. The van der Waals surface area contributed by atoms with Crippen LogP contribution in [0.1, 0.15) is 57.3 Å². The average Bonchev–Trinajstić information content (AvgIpc) is 2.84. The van der Waals surface area contributed by atoms with Crippen molar-refractivity contribution < 1.29 is 9.52 Å². The van der Waals surface area contributed by atoms with Crippen LogP contribution in [-0.4, -0.2) is 17.3 Å². The van der Waals surface area contributed by atoms with Gasteiger partial charge in [-0.25, -0.2) is 0 Å². The van der Waals surface area contributed by atoms with Gasteiger partial charge in [0.2, 0.25) is 0 Å². The van der Waals surface area contributed by atoms with Crippen molar-refractivity contribution >= 4 is 0 Å². The molecular formula is C14H23NO2. The Morgan fingerprint density at radius 2 is 2.18 bits per heavy atom. The monoisotopic (exact) mass is 237 g/mol. The molecule has 1 aliphatic carbocycles. The zero-order chi connectivity index (χ0) is 12.1. The molecule has 0 aromatic carbocycles. The fourth-order valence-corrected chi connectivity index (χ4v) is 2.64. The normalized spacial score (nSPS) is 21.3. The van der Waals surface area contributed by atoms with Crippen LogP contribution in [0.4, 0.5) is 0 Å². The second-order valence-electron chi connectivity index (χ2n) is 5.14. The first-order valence-corrected chi connectivity index (χ1v) is 6.73. The quantitative estimate of drug-likeness (QED) is 0.827. The first-order chi connectivity index (χ1) is 8.23. The molecule has 96 valence electrons. The Labute approximate surface area is 103 Å². The standard InChI is InChI=1S/C14H23NO2/c1-2-12(13-7-6-10-17-13)15-11-14(16)8-4-3-5-9-14/h6-7,10,12,15-16H,2-5,8-9,11H2,1H3. The van der Waals surface area contributed by atoms with Crippen molar-refractivity contribution in [3.63, 3.8) is 0 Å². The van der Waals surface area contributed by atoms with Crippen LogP contribution in [0, 0.1) is 0 Å². The summed E-state index contributed by atoms with van der Waals surface area (Å²) >= 11 is 0. The fraction of sp³-hybridized carbons (Fsp3) is 0.714. The average molecular weight is 237 g/mol. The first-order valence-electron chi connectivity index (χ1n) is 6.73. The molecule has 1 heterocycles. The third-order valence-corrected chi connectivity index (χ3v) is 3.76. The summed E-state index contributed by atoms with van der Waals surface area (Å²) in [5.74, 6) is 0.965. The van der Waals surface area contributed by atoms with Gasteiger partial charge in [-0.15, -0.1) is 0 Å². The molecule has 2 rings (SSSR count). The van der Waals surface area contributed by atoms with Gasteiger partial charge in [0.25, 0.3) is 0 Å². The van der Waals surface area contributed by atoms with E-state index in [1.807, 2.05) is 12.1 Å². The maximum absolute atomic E-state index is 10.4. The predicted molar refractivity (Wildman–Crippen MR) is 67.8 cm³/mol. The largest absolute Gasteiger partial charge is 0.468 e. The Morgan fingerprint density at radius 1 is 1.41 bits per heavy atom. The summed E-state index contributed by atoms with van der Waals surface area (Å²) in [7, 11) is 0. The minimum atomic E-state index is -0.502. The summed E-state index contributed by atoms with van der Waals surface area (Å²) < 4.78 is 5.42. The molecule has 17 heavy (non-hydrogen) atoms. The molecular weight excluding hydrogens is 214 g/mol. The number of hydrogen-bond donors (Lipinski definition) is 2. The molecule has 0 spiro atoms. The number of hydrogen-bond acceptors (Lipinski definition) is 3. The van der Waals surface area contributed by atoms with Gasteiger partial charge >= 0.3 is 0 Å². The zero-order valence-corrected chi connectivity index (χ0v) is 10.6. The summed E-state index contributed by atoms with van der Waals surface area (Å²) in [6.07, 6.45) is 8.09. The Balaban J connectivity index is 1.87. The molecule has 2 N–H and O–H groups in total. The lowest BCUT2D eigenvalue weighted by Crippen LogP contribution is -2.43. The second kappa shape index (κ2) is 5.69. The van der Waals surface area contributed by atoms with Gasteiger partial charge in [-0.3, -0.25) is 0 Å². The van der Waals surface area contributed by atoms with Crippen LogP contribution < -0.4 is 5.32 Å². The minimum absolute atomic E-state index is 0.218. The molecule has 1 aliphatic rings. The summed E-state index contributed by atoms with van der Waals surface area (Å²) in [5.41, 5.74) is -0.502. The van der Waals surface area contributed by atoms with Crippen LogP contribution >= 0.6 is 0 Å². The number of aliphatic hydroxyl groups is 1. The topological polar surface area (TPSA) is 45.4 Å². The van der Waals surface area contributed by atoms with Crippen molar-refractivity contribution in [2.24, 2.45) is 0 Å². The SMILES string of the molecule is CCC(NCC1(O)CCCCC1)c1ccco1. The summed E-state index contributed by atoms with van der Waals surface area (Å²) in [6.45, 7) is 2.80. The Hall–Kier alpha value is -0.800. The summed E-state index contributed by atoms with van der Waals surface area (Å²) in [5, 5.41) is 13.9. The van der Waals surface area contributed by atoms with Crippen LogP contribution in [0.2, 0.25) is 0 Å². The maximum Gasteiger partial charge on any atom is 0.120 e. The van der Waals surface area contributed by atoms with Crippen molar-refractivity contribution in [1.82, 2.24) is 5.32 Å². The highest BCUT2D eigenvalue weighted by Crippen LogP contribution is 2.28. The molecule has 1 fully saturated rings. The van der Waals surface area contributed by atoms with Gasteiger partial charge in [0.15, 0.2) is 0 Å². The molecule has 0 bridgehead atoms. The van der Waals surface area contributed by atoms with E-state index in [4.69, 9.17) is 4.42 Å². The highest BCUT2D eigenvalue weighted by molar-refractivity contribution is 5.04. The van der Waals surface area contributed by atoms with Crippen molar-refractivity contribution in [2.45, 2.75) is 57.1 Å². The van der Waals surface area contributed by atoms with E-state index in [-0.39, 0.29) is 6.04 Å². The molecule has 1 saturated carbocycles.